The molecule has 0 unspecified atom stereocenters. The van der Waals surface area contributed by atoms with Gasteiger partial charge in [-0.2, -0.15) is 0 Å². The van der Waals surface area contributed by atoms with Gasteiger partial charge < -0.3 is 10.6 Å². The minimum atomic E-state index is -1.07. The number of nitrogens with zero attached hydrogens (tertiary/aromatic N) is 1. The number of anilines is 3. The monoisotopic (exact) mass is 422 g/mol. The van der Waals surface area contributed by atoms with Crippen LogP contribution in [-0.2, 0) is 0 Å². The lowest BCUT2D eigenvalue weighted by Gasteiger charge is -2.05. The largest absolute Gasteiger partial charge is 0.325 e. The van der Waals surface area contributed by atoms with E-state index in [9.17, 15) is 18.4 Å². The Morgan fingerprint density at radius 2 is 1.75 bits per heavy atom. The molecule has 28 heavy (non-hydrogen) atoms. The van der Waals surface area contributed by atoms with E-state index in [1.54, 1.807) is 31.2 Å². The second-order valence-electron chi connectivity index (χ2n) is 5.61. The maximum atomic E-state index is 13.3. The third-order valence-electron chi connectivity index (χ3n) is 3.48. The smallest absolute Gasteiger partial charge is 0.321 e. The average Bonchev–Trinajstić information content (AvgIpc) is 2.98. The Balaban J connectivity index is 1.67. The summed E-state index contributed by atoms with van der Waals surface area (Å²) in [5, 5.41) is 8.26. The van der Waals surface area contributed by atoms with Gasteiger partial charge >= 0.3 is 6.03 Å². The summed E-state index contributed by atoms with van der Waals surface area (Å²) in [6.07, 6.45) is 0. The number of aryl methyl sites for hydroxylation is 1. The van der Waals surface area contributed by atoms with E-state index in [1.165, 1.54) is 6.07 Å². The van der Waals surface area contributed by atoms with Crippen LogP contribution in [-0.4, -0.2) is 16.9 Å². The van der Waals surface area contributed by atoms with Crippen LogP contribution in [0.15, 0.2) is 42.5 Å². The van der Waals surface area contributed by atoms with Crippen LogP contribution in [0.3, 0.4) is 0 Å². The van der Waals surface area contributed by atoms with Crippen molar-refractivity contribution in [2.24, 2.45) is 0 Å². The van der Waals surface area contributed by atoms with Crippen molar-refractivity contribution in [3.63, 3.8) is 0 Å². The van der Waals surface area contributed by atoms with Gasteiger partial charge in [0.25, 0.3) is 5.91 Å². The molecule has 2 aromatic carbocycles. The third-order valence-corrected chi connectivity index (χ3v) is 4.79. The lowest BCUT2D eigenvalue weighted by atomic mass is 10.3. The SMILES string of the molecule is Cc1nc(NC(=O)Nc2cccc(Cl)c2)sc1C(=O)Nc1ccc(F)c(F)c1. The van der Waals surface area contributed by atoms with Crippen LogP contribution in [0.1, 0.15) is 15.4 Å². The Labute approximate surface area is 167 Å². The molecule has 0 aliphatic heterocycles. The van der Waals surface area contributed by atoms with Gasteiger partial charge in [0.15, 0.2) is 16.8 Å². The van der Waals surface area contributed by atoms with Gasteiger partial charge in [-0.05, 0) is 37.3 Å². The Morgan fingerprint density at radius 1 is 1.00 bits per heavy atom. The summed E-state index contributed by atoms with van der Waals surface area (Å²) in [6, 6.07) is 9.08. The number of nitrogens with one attached hydrogen (secondary N) is 3. The maximum Gasteiger partial charge on any atom is 0.325 e. The molecular weight excluding hydrogens is 410 g/mol. The van der Waals surface area contributed by atoms with Crippen LogP contribution in [0.25, 0.3) is 0 Å². The third kappa shape index (κ3) is 4.81. The summed E-state index contributed by atoms with van der Waals surface area (Å²) in [5.74, 6) is -2.63. The first-order chi connectivity index (χ1) is 13.3. The van der Waals surface area contributed by atoms with E-state index in [4.69, 9.17) is 11.6 Å². The van der Waals surface area contributed by atoms with Crippen LogP contribution in [0.4, 0.5) is 30.1 Å². The molecular formula is C18H13ClF2N4O2S. The quantitative estimate of drug-likeness (QED) is 0.535. The van der Waals surface area contributed by atoms with Gasteiger partial charge in [-0.1, -0.05) is 29.0 Å². The van der Waals surface area contributed by atoms with Crippen molar-refractivity contribution >= 4 is 51.4 Å². The van der Waals surface area contributed by atoms with Gasteiger partial charge in [-0.15, -0.1) is 0 Å². The molecule has 0 spiro atoms. The molecule has 3 aromatic rings. The van der Waals surface area contributed by atoms with Crippen LogP contribution in [0.5, 0.6) is 0 Å². The Kier molecular flexibility index (Phi) is 5.86. The van der Waals surface area contributed by atoms with E-state index < -0.39 is 23.6 Å². The number of thiazole rings is 1. The second kappa shape index (κ2) is 8.32. The molecule has 6 nitrogen and oxygen atoms in total. The molecule has 0 fully saturated rings. The van der Waals surface area contributed by atoms with Crippen molar-refractivity contribution in [1.29, 1.82) is 0 Å². The summed E-state index contributed by atoms with van der Waals surface area (Å²) in [6.45, 7) is 1.59. The predicted octanol–water partition coefficient (Wildman–Crippen LogP) is 5.28. The Hall–Kier alpha value is -3.04. The zero-order chi connectivity index (χ0) is 20.3. The number of benzene rings is 2. The van der Waals surface area contributed by atoms with Gasteiger partial charge in [0.2, 0.25) is 0 Å². The van der Waals surface area contributed by atoms with Crippen molar-refractivity contribution < 1.29 is 18.4 Å². The van der Waals surface area contributed by atoms with Crippen molar-refractivity contribution in [3.8, 4) is 0 Å². The zero-order valence-electron chi connectivity index (χ0n) is 14.3. The number of hydrogen-bond donors (Lipinski definition) is 3. The number of rotatable bonds is 4. The molecule has 3 N–H and O–H groups in total. The number of aromatic nitrogens is 1. The van der Waals surface area contributed by atoms with Crippen LogP contribution in [0, 0.1) is 18.6 Å². The highest BCUT2D eigenvalue weighted by molar-refractivity contribution is 7.17. The summed E-state index contributed by atoms with van der Waals surface area (Å²) >= 11 is 6.81. The fraction of sp³-hybridized carbons (Fsp3) is 0.0556. The molecule has 144 valence electrons. The van der Waals surface area contributed by atoms with Crippen molar-refractivity contribution in [3.05, 3.63) is 69.7 Å². The summed E-state index contributed by atoms with van der Waals surface area (Å²) in [5.41, 5.74) is 0.975. The van der Waals surface area contributed by atoms with Gasteiger partial charge in [0.1, 0.15) is 4.88 Å². The number of urea groups is 1. The predicted molar refractivity (Wildman–Crippen MR) is 105 cm³/mol. The first-order valence-electron chi connectivity index (χ1n) is 7.89. The van der Waals surface area contributed by atoms with Gasteiger partial charge in [-0.3, -0.25) is 10.1 Å². The lowest BCUT2D eigenvalue weighted by Crippen LogP contribution is -2.19. The van der Waals surface area contributed by atoms with Crippen molar-refractivity contribution in [1.82, 2.24) is 4.98 Å². The molecule has 0 saturated heterocycles. The van der Waals surface area contributed by atoms with Gasteiger partial charge in [-0.25, -0.2) is 18.6 Å². The molecule has 0 radical (unpaired) electrons. The minimum Gasteiger partial charge on any atom is -0.321 e. The number of halogens is 3. The summed E-state index contributed by atoms with van der Waals surface area (Å²) in [7, 11) is 0. The topological polar surface area (TPSA) is 83.1 Å². The van der Waals surface area contributed by atoms with Crippen LogP contribution < -0.4 is 16.0 Å². The van der Waals surface area contributed by atoms with E-state index in [2.05, 4.69) is 20.9 Å². The molecule has 1 aromatic heterocycles. The normalized spacial score (nSPS) is 10.4. The highest BCUT2D eigenvalue weighted by Crippen LogP contribution is 2.24. The number of carbonyl (C=O) groups is 2. The van der Waals surface area contributed by atoms with E-state index in [1.807, 2.05) is 0 Å². The highest BCUT2D eigenvalue weighted by atomic mass is 35.5. The van der Waals surface area contributed by atoms with Crippen molar-refractivity contribution in [2.75, 3.05) is 16.0 Å². The number of hydrogen-bond acceptors (Lipinski definition) is 4. The first-order valence-corrected chi connectivity index (χ1v) is 9.08. The average molecular weight is 423 g/mol. The molecule has 3 rings (SSSR count). The molecule has 0 aliphatic rings. The Bertz CT molecular complexity index is 1060. The van der Waals surface area contributed by atoms with Gasteiger partial charge in [0, 0.05) is 22.5 Å². The standard InChI is InChI=1S/C18H13ClF2N4O2S/c1-9-15(16(26)23-12-5-6-13(20)14(21)8-12)28-18(22-9)25-17(27)24-11-4-2-3-10(19)7-11/h2-8H,1H3,(H,23,26)(H2,22,24,25,27). The van der Waals surface area contributed by atoms with Crippen LogP contribution >= 0.6 is 22.9 Å². The number of amides is 3. The second-order valence-corrected chi connectivity index (χ2v) is 7.04. The van der Waals surface area contributed by atoms with Gasteiger partial charge in [0.05, 0.1) is 5.69 Å². The molecule has 1 heterocycles. The summed E-state index contributed by atoms with van der Waals surface area (Å²) < 4.78 is 26.2. The highest BCUT2D eigenvalue weighted by Gasteiger charge is 2.17. The maximum absolute atomic E-state index is 13.3. The van der Waals surface area contributed by atoms with Crippen LogP contribution in [0.2, 0.25) is 5.02 Å². The molecule has 3 amide bonds. The Morgan fingerprint density at radius 3 is 2.46 bits per heavy atom. The first kappa shape index (κ1) is 19.7. The minimum absolute atomic E-state index is 0.102. The summed E-state index contributed by atoms with van der Waals surface area (Å²) in [4.78, 5) is 28.8. The molecule has 10 heteroatoms. The molecule has 0 atom stereocenters. The van der Waals surface area contributed by atoms with E-state index in [0.29, 0.717) is 16.4 Å². The molecule has 0 aliphatic carbocycles. The fourth-order valence-electron chi connectivity index (χ4n) is 2.25. The van der Waals surface area contributed by atoms with Crippen molar-refractivity contribution in [2.45, 2.75) is 6.92 Å². The molecule has 0 saturated carbocycles. The number of carbonyl (C=O) groups excluding carboxylic acids is 2. The lowest BCUT2D eigenvalue weighted by molar-refractivity contribution is 0.102. The zero-order valence-corrected chi connectivity index (χ0v) is 15.9. The molecule has 0 bridgehead atoms. The van der Waals surface area contributed by atoms with E-state index in [0.717, 1.165) is 23.5 Å². The van der Waals surface area contributed by atoms with E-state index >= 15 is 0 Å². The fourth-order valence-corrected chi connectivity index (χ4v) is 3.30. The van der Waals surface area contributed by atoms with E-state index in [-0.39, 0.29) is 15.7 Å².